The van der Waals surface area contributed by atoms with Crippen molar-refractivity contribution in [3.63, 3.8) is 0 Å². The van der Waals surface area contributed by atoms with Crippen molar-refractivity contribution in [3.05, 3.63) is 87.9 Å². The predicted molar refractivity (Wildman–Crippen MR) is 142 cm³/mol. The van der Waals surface area contributed by atoms with Crippen molar-refractivity contribution in [1.29, 1.82) is 0 Å². The van der Waals surface area contributed by atoms with Crippen molar-refractivity contribution >= 4 is 23.2 Å². The van der Waals surface area contributed by atoms with E-state index in [4.69, 9.17) is 32.7 Å². The van der Waals surface area contributed by atoms with Crippen molar-refractivity contribution in [2.75, 3.05) is 32.9 Å². The van der Waals surface area contributed by atoms with E-state index in [0.29, 0.717) is 47.9 Å². The van der Waals surface area contributed by atoms with Gasteiger partial charge in [0.05, 0.1) is 18.0 Å². The van der Waals surface area contributed by atoms with Gasteiger partial charge < -0.3 is 19.7 Å². The monoisotopic (exact) mass is 533 g/mol. The Bertz CT molecular complexity index is 1020. The van der Waals surface area contributed by atoms with Crippen molar-refractivity contribution in [1.82, 2.24) is 14.9 Å². The molecule has 9 heteroatoms. The number of halogens is 2. The molecule has 0 aliphatic rings. The third-order valence-electron chi connectivity index (χ3n) is 5.75. The Hall–Kier alpha value is -2.26. The van der Waals surface area contributed by atoms with E-state index in [0.717, 1.165) is 11.3 Å². The normalized spacial score (nSPS) is 14.0. The maximum atomic E-state index is 10.9. The Morgan fingerprint density at radius 2 is 1.39 bits per heavy atom. The summed E-state index contributed by atoms with van der Waals surface area (Å²) < 4.78 is 11.0. The number of benzene rings is 1. The van der Waals surface area contributed by atoms with Gasteiger partial charge >= 0.3 is 0 Å². The van der Waals surface area contributed by atoms with E-state index in [2.05, 4.69) is 16.9 Å². The molecule has 2 N–H and O–H groups in total. The summed E-state index contributed by atoms with van der Waals surface area (Å²) in [6, 6.07) is 18.2. The van der Waals surface area contributed by atoms with Crippen molar-refractivity contribution in [3.8, 4) is 5.75 Å². The van der Waals surface area contributed by atoms with Crippen LogP contribution < -0.4 is 4.74 Å². The van der Waals surface area contributed by atoms with Crippen LogP contribution in [0.3, 0.4) is 0 Å². The van der Waals surface area contributed by atoms with Gasteiger partial charge in [0.15, 0.2) is 0 Å². The second kappa shape index (κ2) is 14.5. The molecule has 0 spiro atoms. The van der Waals surface area contributed by atoms with Gasteiger partial charge in [-0.25, -0.2) is 9.97 Å². The Morgan fingerprint density at radius 3 is 1.89 bits per heavy atom. The van der Waals surface area contributed by atoms with Gasteiger partial charge in [0.1, 0.15) is 34.9 Å². The molecule has 0 saturated carbocycles. The fraction of sp³-hybridized carbons (Fsp3) is 0.407. The van der Waals surface area contributed by atoms with Crippen LogP contribution in [-0.2, 0) is 11.2 Å². The minimum atomic E-state index is -0.883. The van der Waals surface area contributed by atoms with E-state index < -0.39 is 12.2 Å². The van der Waals surface area contributed by atoms with Gasteiger partial charge in [0, 0.05) is 25.7 Å². The lowest BCUT2D eigenvalue weighted by Crippen LogP contribution is -2.40. The van der Waals surface area contributed by atoms with Crippen LogP contribution in [0.15, 0.2) is 60.7 Å². The fourth-order valence-electron chi connectivity index (χ4n) is 3.84. The number of aromatic nitrogens is 2. The molecule has 36 heavy (non-hydrogen) atoms. The Balaban J connectivity index is 1.70. The Labute approximate surface area is 222 Å². The maximum Gasteiger partial charge on any atom is 0.129 e. The summed E-state index contributed by atoms with van der Waals surface area (Å²) in [5.41, 5.74) is 2.06. The highest BCUT2D eigenvalue weighted by atomic mass is 35.5. The average Bonchev–Trinajstić information content (AvgIpc) is 2.87. The number of hydrogen-bond donors (Lipinski definition) is 2. The predicted octanol–water partition coefficient (Wildman–Crippen LogP) is 4.90. The van der Waals surface area contributed by atoms with Crippen molar-refractivity contribution in [2.24, 2.45) is 0 Å². The molecule has 2 heterocycles. The highest BCUT2D eigenvalue weighted by molar-refractivity contribution is 6.29. The molecule has 2 aromatic heterocycles. The molecule has 2 unspecified atom stereocenters. The fourth-order valence-corrected chi connectivity index (χ4v) is 4.18. The Kier molecular flexibility index (Phi) is 11.4. The lowest BCUT2D eigenvalue weighted by atomic mass is 10.0. The molecule has 3 rings (SSSR count). The SMILES string of the molecule is CCOCCOc1ccc(C[C@@H](C)N(CC(O)c2cccc(Cl)n2)CC(O)c2cccc(Cl)n2)cc1. The minimum absolute atomic E-state index is 0.0163. The van der Waals surface area contributed by atoms with E-state index in [9.17, 15) is 10.2 Å². The highest BCUT2D eigenvalue weighted by Gasteiger charge is 2.24. The summed E-state index contributed by atoms with van der Waals surface area (Å²) in [5, 5.41) is 22.4. The first-order chi connectivity index (χ1) is 17.4. The second-order valence-corrected chi connectivity index (χ2v) is 9.27. The largest absolute Gasteiger partial charge is 0.491 e. The molecule has 0 radical (unpaired) electrons. The van der Waals surface area contributed by atoms with Crippen LogP contribution in [0.4, 0.5) is 0 Å². The van der Waals surface area contributed by atoms with Gasteiger partial charge in [-0.2, -0.15) is 0 Å². The lowest BCUT2D eigenvalue weighted by molar-refractivity contribution is 0.0452. The third kappa shape index (κ3) is 9.00. The molecule has 0 aliphatic carbocycles. The molecule has 0 fully saturated rings. The molecule has 7 nitrogen and oxygen atoms in total. The summed E-state index contributed by atoms with van der Waals surface area (Å²) in [6.07, 6.45) is -1.07. The van der Waals surface area contributed by atoms with Gasteiger partial charge in [-0.05, 0) is 62.2 Å². The van der Waals surface area contributed by atoms with Gasteiger partial charge in [-0.3, -0.25) is 4.90 Å². The van der Waals surface area contributed by atoms with E-state index in [1.807, 2.05) is 36.1 Å². The molecule has 0 amide bonds. The molecule has 1 aromatic carbocycles. The summed E-state index contributed by atoms with van der Waals surface area (Å²) in [7, 11) is 0. The van der Waals surface area contributed by atoms with Crippen LogP contribution in [0.1, 0.15) is 43.0 Å². The van der Waals surface area contributed by atoms with Crippen LogP contribution in [0, 0.1) is 0 Å². The van der Waals surface area contributed by atoms with Gasteiger partial charge in [0.2, 0.25) is 0 Å². The first kappa shape index (κ1) is 28.3. The van der Waals surface area contributed by atoms with Crippen LogP contribution >= 0.6 is 23.2 Å². The highest BCUT2D eigenvalue weighted by Crippen LogP contribution is 2.22. The topological polar surface area (TPSA) is 87.9 Å². The zero-order chi connectivity index (χ0) is 25.9. The number of aliphatic hydroxyl groups is 2. The van der Waals surface area contributed by atoms with Crippen molar-refractivity contribution < 1.29 is 19.7 Å². The van der Waals surface area contributed by atoms with E-state index in [1.165, 1.54) is 0 Å². The molecule has 3 atom stereocenters. The number of ether oxygens (including phenoxy) is 2. The molecule has 0 aliphatic heterocycles. The van der Waals surface area contributed by atoms with Crippen LogP contribution in [-0.4, -0.2) is 64.0 Å². The van der Waals surface area contributed by atoms with E-state index in [-0.39, 0.29) is 19.1 Å². The lowest BCUT2D eigenvalue weighted by Gasteiger charge is -2.32. The quantitative estimate of drug-likeness (QED) is 0.225. The van der Waals surface area contributed by atoms with Crippen molar-refractivity contribution in [2.45, 2.75) is 38.5 Å². The molecular weight excluding hydrogens is 501 g/mol. The first-order valence-corrected chi connectivity index (χ1v) is 12.8. The smallest absolute Gasteiger partial charge is 0.129 e. The number of hydrogen-bond acceptors (Lipinski definition) is 7. The molecule has 0 saturated heterocycles. The number of pyridine rings is 2. The molecule has 3 aromatic rings. The van der Waals surface area contributed by atoms with Crippen LogP contribution in [0.5, 0.6) is 5.75 Å². The maximum absolute atomic E-state index is 10.9. The molecular formula is C27H33Cl2N3O4. The summed E-state index contributed by atoms with van der Waals surface area (Å²) in [4.78, 5) is 10.5. The van der Waals surface area contributed by atoms with E-state index >= 15 is 0 Å². The zero-order valence-corrected chi connectivity index (χ0v) is 22.1. The second-order valence-electron chi connectivity index (χ2n) is 8.50. The number of aliphatic hydroxyl groups excluding tert-OH is 2. The Morgan fingerprint density at radius 1 is 0.833 bits per heavy atom. The average molecular weight is 534 g/mol. The summed E-state index contributed by atoms with van der Waals surface area (Å²) >= 11 is 12.0. The standard InChI is InChI=1S/C27H33Cl2N3O4/c1-3-35-14-15-36-21-12-10-20(11-13-21)16-19(2)32(17-24(33)22-6-4-8-26(28)30-22)18-25(34)23-7-5-9-27(29)31-23/h4-13,19,24-25,33-34H,3,14-18H2,1-2H3/t19-,24?,25?/m1/s1. The number of rotatable bonds is 14. The van der Waals surface area contributed by atoms with E-state index in [1.54, 1.807) is 36.4 Å². The van der Waals surface area contributed by atoms with Gasteiger partial charge in [-0.1, -0.05) is 47.5 Å². The third-order valence-corrected chi connectivity index (χ3v) is 6.17. The van der Waals surface area contributed by atoms with Gasteiger partial charge in [0.25, 0.3) is 0 Å². The summed E-state index contributed by atoms with van der Waals surface area (Å²) in [5.74, 6) is 0.785. The first-order valence-electron chi connectivity index (χ1n) is 12.0. The summed E-state index contributed by atoms with van der Waals surface area (Å²) in [6.45, 7) is 6.24. The number of nitrogens with zero attached hydrogens (tertiary/aromatic N) is 3. The van der Waals surface area contributed by atoms with Crippen LogP contribution in [0.25, 0.3) is 0 Å². The zero-order valence-electron chi connectivity index (χ0n) is 20.6. The molecule has 0 bridgehead atoms. The van der Waals surface area contributed by atoms with Gasteiger partial charge in [-0.15, -0.1) is 0 Å². The molecule has 194 valence electrons. The minimum Gasteiger partial charge on any atom is -0.491 e. The van der Waals surface area contributed by atoms with Crippen LogP contribution in [0.2, 0.25) is 10.3 Å².